The van der Waals surface area contributed by atoms with Crippen molar-refractivity contribution in [1.82, 2.24) is 10.6 Å². The van der Waals surface area contributed by atoms with E-state index in [9.17, 15) is 0 Å². The van der Waals surface area contributed by atoms with Crippen molar-refractivity contribution in [1.29, 1.82) is 0 Å². The minimum atomic E-state index is -0.366. The molecule has 0 spiro atoms. The Bertz CT molecular complexity index is 3190. The minimum Gasteiger partial charge on any atom is -0.456 e. The number of hydrogen-bond donors (Lipinski definition) is 3. The van der Waals surface area contributed by atoms with E-state index in [-0.39, 0.29) is 12.3 Å². The van der Waals surface area contributed by atoms with Crippen LogP contribution in [0.1, 0.15) is 29.9 Å². The molecule has 3 unspecified atom stereocenters. The number of nitrogens with two attached hydrogens (primary N) is 1. The van der Waals surface area contributed by atoms with Gasteiger partial charge in [0.2, 0.25) is 0 Å². The average Bonchev–Trinajstić information content (AvgIpc) is 3.96. The van der Waals surface area contributed by atoms with Crippen LogP contribution in [0.4, 0.5) is 0 Å². The molecule has 0 fully saturated rings. The van der Waals surface area contributed by atoms with Gasteiger partial charge in [0.25, 0.3) is 0 Å². The van der Waals surface area contributed by atoms with Crippen LogP contribution < -0.4 is 16.4 Å². The van der Waals surface area contributed by atoms with Gasteiger partial charge in [-0.1, -0.05) is 115 Å². The second kappa shape index (κ2) is 14.0. The number of benzene rings is 7. The van der Waals surface area contributed by atoms with E-state index in [1.165, 1.54) is 25.7 Å². The summed E-state index contributed by atoms with van der Waals surface area (Å²) in [6.45, 7) is 0.860. The van der Waals surface area contributed by atoms with Gasteiger partial charge in [-0.05, 0) is 94.8 Å². The van der Waals surface area contributed by atoms with Crippen LogP contribution in [0.25, 0.3) is 86.3 Å². The predicted molar refractivity (Wildman–Crippen MR) is 238 cm³/mol. The van der Waals surface area contributed by atoms with E-state index in [4.69, 9.17) is 14.6 Å². The molecule has 0 bridgehead atoms. The van der Waals surface area contributed by atoms with Gasteiger partial charge in [-0.2, -0.15) is 0 Å². The first-order valence-electron chi connectivity index (χ1n) is 19.6. The van der Waals surface area contributed by atoms with Gasteiger partial charge in [0.05, 0.1) is 12.3 Å². The summed E-state index contributed by atoms with van der Waals surface area (Å²) >= 11 is 1.82. The highest BCUT2D eigenvalue weighted by atomic mass is 32.1. The molecule has 0 aliphatic heterocycles. The van der Waals surface area contributed by atoms with E-state index in [2.05, 4.69) is 168 Å². The lowest BCUT2D eigenvalue weighted by Crippen LogP contribution is -2.41. The lowest BCUT2D eigenvalue weighted by atomic mass is 9.98. The summed E-state index contributed by atoms with van der Waals surface area (Å²) in [6.07, 6.45) is 9.34. The second-order valence-electron chi connectivity index (χ2n) is 15.1. The quantitative estimate of drug-likeness (QED) is 0.128. The minimum absolute atomic E-state index is 0.0903. The van der Waals surface area contributed by atoms with Crippen LogP contribution in [0.5, 0.6) is 0 Å². The normalized spacial score (nSPS) is 15.5. The molecule has 3 aromatic heterocycles. The van der Waals surface area contributed by atoms with Crippen molar-refractivity contribution in [3.63, 3.8) is 0 Å². The number of para-hydroxylation sites is 2. The first kappa shape index (κ1) is 34.0. The van der Waals surface area contributed by atoms with Crippen LogP contribution in [0.2, 0.25) is 0 Å². The van der Waals surface area contributed by atoms with E-state index >= 15 is 0 Å². The summed E-state index contributed by atoms with van der Waals surface area (Å²) in [5, 5.41) is 14.3. The van der Waals surface area contributed by atoms with Crippen molar-refractivity contribution in [2.24, 2.45) is 11.7 Å². The number of fused-ring (bicyclic) bond motifs is 9. The largest absolute Gasteiger partial charge is 0.456 e. The summed E-state index contributed by atoms with van der Waals surface area (Å²) in [5.41, 5.74) is 17.2. The van der Waals surface area contributed by atoms with Crippen LogP contribution in [-0.2, 0) is 0 Å². The predicted octanol–water partition coefficient (Wildman–Crippen LogP) is 13.2. The third-order valence-corrected chi connectivity index (χ3v) is 12.7. The Morgan fingerprint density at radius 2 is 1.26 bits per heavy atom. The Hall–Kier alpha value is -6.28. The molecule has 5 nitrogen and oxygen atoms in total. The van der Waals surface area contributed by atoms with E-state index in [0.29, 0.717) is 5.92 Å². The van der Waals surface area contributed by atoms with Gasteiger partial charge in [-0.15, -0.1) is 11.3 Å². The fourth-order valence-corrected chi connectivity index (χ4v) is 9.58. The Morgan fingerprint density at radius 1 is 0.579 bits per heavy atom. The molecule has 1 aliphatic carbocycles. The SMILES string of the molecule is NC(NC(NCC1C=CC=CC1)c1ccccc1)c1ccc2sc3ccc(-c4ccc5oc6c(-c7ccc8oc9ccccc9c8c7)cccc6c5c4)cc3c2c1. The topological polar surface area (TPSA) is 76.4 Å². The monoisotopic (exact) mass is 757 g/mol. The molecule has 4 N–H and O–H groups in total. The van der Waals surface area contributed by atoms with E-state index in [1.54, 1.807) is 0 Å². The number of furan rings is 2. The molecular weight excluding hydrogens is 719 g/mol. The Labute approximate surface area is 333 Å². The van der Waals surface area contributed by atoms with Crippen molar-refractivity contribution < 1.29 is 8.83 Å². The number of nitrogens with one attached hydrogen (secondary N) is 2. The first-order chi connectivity index (χ1) is 28.1. The van der Waals surface area contributed by atoms with Crippen molar-refractivity contribution in [3.05, 3.63) is 181 Å². The molecule has 10 aromatic rings. The van der Waals surface area contributed by atoms with Gasteiger partial charge in [0, 0.05) is 53.8 Å². The highest BCUT2D eigenvalue weighted by Gasteiger charge is 2.19. The zero-order chi connectivity index (χ0) is 37.9. The molecule has 11 rings (SSSR count). The van der Waals surface area contributed by atoms with Gasteiger partial charge in [0.1, 0.15) is 22.3 Å². The Balaban J connectivity index is 0.917. The van der Waals surface area contributed by atoms with Crippen LogP contribution in [-0.4, -0.2) is 6.54 Å². The molecule has 1 aliphatic rings. The molecule has 57 heavy (non-hydrogen) atoms. The maximum Gasteiger partial charge on any atom is 0.143 e. The number of rotatable bonds is 9. The standard InChI is InChI=1S/C51H39N3O2S/c52-50(54-51(32-12-5-2-6-13-32)53-30-31-10-3-1-4-11-31)36-21-25-48-43(29-36)42-27-34(20-24-47(42)57-48)33-18-22-46-41(26-33)39-16-9-15-37(49(39)56-46)35-19-23-45-40(28-35)38-14-7-8-17-44(38)55-45/h1-10,12-29,31,50-51,53-54H,11,30,52H2. The smallest absolute Gasteiger partial charge is 0.143 e. The molecule has 6 heteroatoms. The van der Waals surface area contributed by atoms with E-state index in [1.807, 2.05) is 23.5 Å². The van der Waals surface area contributed by atoms with Gasteiger partial charge in [0.15, 0.2) is 0 Å². The fraction of sp³-hybridized carbons (Fsp3) is 0.0980. The van der Waals surface area contributed by atoms with Gasteiger partial charge < -0.3 is 14.6 Å². The maximum absolute atomic E-state index is 6.96. The third-order valence-electron chi connectivity index (χ3n) is 11.5. The molecule has 0 radical (unpaired) electrons. The molecule has 0 saturated carbocycles. The van der Waals surface area contributed by atoms with Crippen molar-refractivity contribution in [2.45, 2.75) is 18.8 Å². The molecule has 3 heterocycles. The summed E-state index contributed by atoms with van der Waals surface area (Å²) in [4.78, 5) is 0. The number of allylic oxidation sites excluding steroid dienone is 3. The van der Waals surface area contributed by atoms with Gasteiger partial charge >= 0.3 is 0 Å². The number of thiophene rings is 1. The molecule has 3 atom stereocenters. The van der Waals surface area contributed by atoms with Crippen molar-refractivity contribution in [2.75, 3.05) is 6.54 Å². The van der Waals surface area contributed by atoms with Crippen molar-refractivity contribution >= 4 is 75.4 Å². The highest BCUT2D eigenvalue weighted by molar-refractivity contribution is 7.25. The van der Waals surface area contributed by atoms with E-state index < -0.39 is 0 Å². The summed E-state index contributed by atoms with van der Waals surface area (Å²) < 4.78 is 15.2. The van der Waals surface area contributed by atoms with Gasteiger partial charge in [-0.25, -0.2) is 0 Å². The molecular formula is C51H39N3O2S. The molecule has 0 amide bonds. The van der Waals surface area contributed by atoms with Crippen LogP contribution >= 0.6 is 11.3 Å². The molecule has 7 aromatic carbocycles. The first-order valence-corrected chi connectivity index (χ1v) is 20.4. The number of hydrogen-bond acceptors (Lipinski definition) is 6. The Kier molecular flexibility index (Phi) is 8.37. The van der Waals surface area contributed by atoms with E-state index in [0.717, 1.165) is 84.7 Å². The summed E-state index contributed by atoms with van der Waals surface area (Å²) in [5.74, 6) is 0.456. The van der Waals surface area contributed by atoms with Crippen molar-refractivity contribution in [3.8, 4) is 22.3 Å². The van der Waals surface area contributed by atoms with Gasteiger partial charge in [-0.3, -0.25) is 10.6 Å². The fourth-order valence-electron chi connectivity index (χ4n) is 8.51. The third kappa shape index (κ3) is 6.15. The maximum atomic E-state index is 6.96. The van der Waals surface area contributed by atoms with Crippen LogP contribution in [0, 0.1) is 5.92 Å². The van der Waals surface area contributed by atoms with Crippen LogP contribution in [0.3, 0.4) is 0 Å². The summed E-state index contributed by atoms with van der Waals surface area (Å²) in [6, 6.07) is 51.6. The molecule has 276 valence electrons. The van der Waals surface area contributed by atoms with Crippen LogP contribution in [0.15, 0.2) is 179 Å². The lowest BCUT2D eigenvalue weighted by molar-refractivity contribution is 0.371. The second-order valence-corrected chi connectivity index (χ2v) is 16.2. The summed E-state index contributed by atoms with van der Waals surface area (Å²) in [7, 11) is 0. The average molecular weight is 758 g/mol. The Morgan fingerprint density at radius 3 is 2.12 bits per heavy atom. The molecule has 0 saturated heterocycles. The zero-order valence-corrected chi connectivity index (χ0v) is 31.9. The highest BCUT2D eigenvalue weighted by Crippen LogP contribution is 2.41. The lowest BCUT2D eigenvalue weighted by Gasteiger charge is -2.27. The zero-order valence-electron chi connectivity index (χ0n) is 31.1.